The number of urea groups is 1. The Kier molecular flexibility index (Phi) is 5.07. The van der Waals surface area contributed by atoms with Crippen molar-refractivity contribution in [2.24, 2.45) is 0 Å². The van der Waals surface area contributed by atoms with Crippen molar-refractivity contribution in [3.63, 3.8) is 0 Å². The van der Waals surface area contributed by atoms with Gasteiger partial charge in [-0.25, -0.2) is 4.79 Å². The fourth-order valence-corrected chi connectivity index (χ4v) is 4.38. The maximum atomic E-state index is 13.4. The first-order valence-corrected chi connectivity index (χ1v) is 9.79. The Morgan fingerprint density at radius 1 is 1.11 bits per heavy atom. The van der Waals surface area contributed by atoms with Crippen LogP contribution in [0.1, 0.15) is 29.6 Å². The molecule has 3 saturated heterocycles. The van der Waals surface area contributed by atoms with E-state index in [1.807, 2.05) is 11.0 Å². The van der Waals surface area contributed by atoms with E-state index in [4.69, 9.17) is 4.74 Å². The van der Waals surface area contributed by atoms with E-state index in [0.717, 1.165) is 19.4 Å². The highest BCUT2D eigenvalue weighted by atomic mass is 16.5. The number of hydrogen-bond acceptors (Lipinski definition) is 5. The van der Waals surface area contributed by atoms with E-state index in [0.29, 0.717) is 37.6 Å². The summed E-state index contributed by atoms with van der Waals surface area (Å²) < 4.78 is 5.54. The maximum absolute atomic E-state index is 13.4. The molecule has 0 aliphatic carbocycles. The van der Waals surface area contributed by atoms with Gasteiger partial charge in [-0.15, -0.1) is 0 Å². The van der Waals surface area contributed by atoms with E-state index in [1.165, 1.54) is 4.90 Å². The van der Waals surface area contributed by atoms with Crippen LogP contribution >= 0.6 is 0 Å². The molecule has 0 atom stereocenters. The molecular weight excluding hydrogens is 360 g/mol. The summed E-state index contributed by atoms with van der Waals surface area (Å²) in [6, 6.07) is 6.67. The van der Waals surface area contributed by atoms with Crippen molar-refractivity contribution in [1.29, 1.82) is 0 Å². The third-order valence-electron chi connectivity index (χ3n) is 6.19. The normalized spacial score (nSPS) is 23.0. The Morgan fingerprint density at radius 3 is 2.61 bits per heavy atom. The van der Waals surface area contributed by atoms with E-state index in [9.17, 15) is 14.4 Å². The van der Waals surface area contributed by atoms with Gasteiger partial charge in [-0.3, -0.25) is 24.7 Å². The molecule has 1 aromatic carbocycles. The lowest BCUT2D eigenvalue weighted by atomic mass is 9.85. The van der Waals surface area contributed by atoms with Gasteiger partial charge in [0.25, 0.3) is 5.91 Å². The topological polar surface area (TPSA) is 82.2 Å². The quantitative estimate of drug-likeness (QED) is 0.822. The Labute approximate surface area is 164 Å². The molecule has 1 aromatic rings. The molecule has 0 radical (unpaired) electrons. The molecule has 4 rings (SSSR count). The molecule has 0 saturated carbocycles. The monoisotopic (exact) mass is 386 g/mol. The number of nitrogens with one attached hydrogen (secondary N) is 1. The standard InChI is InChI=1S/C20H26N4O4/c1-22-10-11-23(14-20(22)7-12-28-13-8-20)18(26)15-4-2-3-5-16(15)24-9-6-17(25)21-19(24)27/h2-5H,6-14H2,1H3,(H,21,25,27). The van der Waals surface area contributed by atoms with Crippen LogP contribution in [0.15, 0.2) is 24.3 Å². The summed E-state index contributed by atoms with van der Waals surface area (Å²) in [5.41, 5.74) is 1.01. The second-order valence-corrected chi connectivity index (χ2v) is 7.76. The third kappa shape index (κ3) is 3.38. The predicted molar refractivity (Wildman–Crippen MR) is 103 cm³/mol. The summed E-state index contributed by atoms with van der Waals surface area (Å²) in [5.74, 6) is -0.357. The molecule has 0 unspecified atom stereocenters. The van der Waals surface area contributed by atoms with Crippen molar-refractivity contribution in [2.45, 2.75) is 24.8 Å². The number of imide groups is 1. The van der Waals surface area contributed by atoms with E-state index < -0.39 is 6.03 Å². The number of carbonyl (C=O) groups is 3. The van der Waals surface area contributed by atoms with Gasteiger partial charge in [0, 0.05) is 51.4 Å². The van der Waals surface area contributed by atoms with Gasteiger partial charge in [0.15, 0.2) is 0 Å². The Balaban J connectivity index is 1.58. The number of rotatable bonds is 2. The predicted octanol–water partition coefficient (Wildman–Crippen LogP) is 1.07. The molecule has 1 spiro atoms. The number of anilines is 1. The van der Waals surface area contributed by atoms with Gasteiger partial charge in [0.2, 0.25) is 5.91 Å². The van der Waals surface area contributed by atoms with Crippen LogP contribution in [0.4, 0.5) is 10.5 Å². The molecule has 3 aliphatic rings. The first-order valence-electron chi connectivity index (χ1n) is 9.79. The molecule has 28 heavy (non-hydrogen) atoms. The van der Waals surface area contributed by atoms with Crippen molar-refractivity contribution in [3.8, 4) is 0 Å². The summed E-state index contributed by atoms with van der Waals surface area (Å²) in [5, 5.41) is 2.33. The zero-order valence-corrected chi connectivity index (χ0v) is 16.1. The number of carbonyl (C=O) groups excluding carboxylic acids is 3. The van der Waals surface area contributed by atoms with Crippen molar-refractivity contribution in [1.82, 2.24) is 15.1 Å². The molecule has 150 valence electrons. The average molecular weight is 386 g/mol. The third-order valence-corrected chi connectivity index (χ3v) is 6.19. The molecule has 4 amide bonds. The van der Waals surface area contributed by atoms with Crippen LogP contribution in [0.5, 0.6) is 0 Å². The van der Waals surface area contributed by atoms with Gasteiger partial charge >= 0.3 is 6.03 Å². The number of piperazine rings is 1. The molecule has 3 fully saturated rings. The molecule has 1 N–H and O–H groups in total. The minimum absolute atomic E-state index is 0.0456. The first-order chi connectivity index (χ1) is 13.5. The van der Waals surface area contributed by atoms with E-state index in [-0.39, 0.29) is 30.3 Å². The van der Waals surface area contributed by atoms with Gasteiger partial charge in [-0.05, 0) is 32.0 Å². The maximum Gasteiger partial charge on any atom is 0.328 e. The minimum atomic E-state index is -0.476. The van der Waals surface area contributed by atoms with Crippen LogP contribution in [-0.4, -0.2) is 79.6 Å². The summed E-state index contributed by atoms with van der Waals surface area (Å²) in [7, 11) is 2.12. The first kappa shape index (κ1) is 18.9. The lowest BCUT2D eigenvalue weighted by Gasteiger charge is -2.51. The molecule has 3 aliphatic heterocycles. The fraction of sp³-hybridized carbons (Fsp3) is 0.550. The second kappa shape index (κ2) is 7.52. The molecule has 0 bridgehead atoms. The van der Waals surface area contributed by atoms with Crippen LogP contribution in [-0.2, 0) is 9.53 Å². The molecular formula is C20H26N4O4. The zero-order chi connectivity index (χ0) is 19.7. The van der Waals surface area contributed by atoms with Crippen LogP contribution in [0.25, 0.3) is 0 Å². The summed E-state index contributed by atoms with van der Waals surface area (Å²) in [6.07, 6.45) is 2.04. The highest BCUT2D eigenvalue weighted by Crippen LogP contribution is 2.32. The minimum Gasteiger partial charge on any atom is -0.381 e. The Hall–Kier alpha value is -2.45. The summed E-state index contributed by atoms with van der Waals surface area (Å²) >= 11 is 0. The van der Waals surface area contributed by atoms with Gasteiger partial charge < -0.3 is 9.64 Å². The fourth-order valence-electron chi connectivity index (χ4n) is 4.38. The summed E-state index contributed by atoms with van der Waals surface area (Å²) in [4.78, 5) is 42.9. The number of hydrogen-bond donors (Lipinski definition) is 1. The number of benzene rings is 1. The smallest absolute Gasteiger partial charge is 0.328 e. The Morgan fingerprint density at radius 2 is 1.86 bits per heavy atom. The highest BCUT2D eigenvalue weighted by Gasteiger charge is 2.42. The zero-order valence-electron chi connectivity index (χ0n) is 16.1. The van der Waals surface area contributed by atoms with Gasteiger partial charge in [-0.2, -0.15) is 0 Å². The van der Waals surface area contributed by atoms with Crippen molar-refractivity contribution in [3.05, 3.63) is 29.8 Å². The molecule has 3 heterocycles. The summed E-state index contributed by atoms with van der Waals surface area (Å²) in [6.45, 7) is 3.82. The molecule has 8 heteroatoms. The average Bonchev–Trinajstić information content (AvgIpc) is 2.70. The van der Waals surface area contributed by atoms with E-state index in [2.05, 4.69) is 17.3 Å². The lowest BCUT2D eigenvalue weighted by molar-refractivity contribution is -0.120. The van der Waals surface area contributed by atoms with Crippen LogP contribution < -0.4 is 10.2 Å². The van der Waals surface area contributed by atoms with Crippen molar-refractivity contribution in [2.75, 3.05) is 51.3 Å². The molecule has 0 aromatic heterocycles. The van der Waals surface area contributed by atoms with Gasteiger partial charge in [0.1, 0.15) is 0 Å². The van der Waals surface area contributed by atoms with Crippen molar-refractivity contribution < 1.29 is 19.1 Å². The van der Waals surface area contributed by atoms with Gasteiger partial charge in [-0.1, -0.05) is 12.1 Å². The van der Waals surface area contributed by atoms with Crippen LogP contribution in [0.3, 0.4) is 0 Å². The number of nitrogens with zero attached hydrogens (tertiary/aromatic N) is 3. The van der Waals surface area contributed by atoms with E-state index >= 15 is 0 Å². The Bertz CT molecular complexity index is 790. The lowest BCUT2D eigenvalue weighted by Crippen LogP contribution is -2.63. The number of likely N-dealkylation sites (N-methyl/N-ethyl adjacent to an activating group) is 1. The largest absolute Gasteiger partial charge is 0.381 e. The highest BCUT2D eigenvalue weighted by molar-refractivity contribution is 6.09. The van der Waals surface area contributed by atoms with Crippen LogP contribution in [0, 0.1) is 0 Å². The number of para-hydroxylation sites is 1. The SMILES string of the molecule is CN1CCN(C(=O)c2ccccc2N2CCC(=O)NC2=O)CC12CCOCC2. The van der Waals surface area contributed by atoms with Crippen LogP contribution in [0.2, 0.25) is 0 Å². The van der Waals surface area contributed by atoms with Gasteiger partial charge in [0.05, 0.1) is 11.3 Å². The number of amides is 4. The van der Waals surface area contributed by atoms with Crippen molar-refractivity contribution >= 4 is 23.5 Å². The molecule has 8 nitrogen and oxygen atoms in total. The second-order valence-electron chi connectivity index (χ2n) is 7.76. The van der Waals surface area contributed by atoms with E-state index in [1.54, 1.807) is 18.2 Å². The number of ether oxygens (including phenoxy) is 1.